The van der Waals surface area contributed by atoms with Gasteiger partial charge in [-0.15, -0.1) is 0 Å². The van der Waals surface area contributed by atoms with Crippen LogP contribution in [0.4, 0.5) is 0 Å². The average Bonchev–Trinajstić information content (AvgIpc) is 2.86. The van der Waals surface area contributed by atoms with Gasteiger partial charge in [0.2, 0.25) is 0 Å². The van der Waals surface area contributed by atoms with Gasteiger partial charge in [-0.05, 0) is 50.8 Å². The number of aliphatic imine (C=N–C) groups is 2. The Labute approximate surface area is 213 Å². The van der Waals surface area contributed by atoms with Crippen LogP contribution in [-0.2, 0) is 28.6 Å². The van der Waals surface area contributed by atoms with E-state index in [0.29, 0.717) is 24.3 Å². The van der Waals surface area contributed by atoms with Crippen molar-refractivity contribution in [2.75, 3.05) is 26.9 Å². The first-order chi connectivity index (χ1) is 17.3. The number of benzene rings is 1. The molecule has 8 heteroatoms. The molecule has 0 aliphatic carbocycles. The summed E-state index contributed by atoms with van der Waals surface area (Å²) < 4.78 is 16.2. The smallest absolute Gasteiger partial charge is 0.334 e. The van der Waals surface area contributed by atoms with Gasteiger partial charge in [-0.25, -0.2) is 4.79 Å². The minimum Gasteiger partial charge on any atom is -0.466 e. The zero-order chi connectivity index (χ0) is 26.7. The molecular formula is C28H38N2O6. The molecule has 196 valence electrons. The Morgan fingerprint density at radius 2 is 1.67 bits per heavy atom. The van der Waals surface area contributed by atoms with Crippen molar-refractivity contribution in [1.29, 1.82) is 0 Å². The zero-order valence-electron chi connectivity index (χ0n) is 22.2. The molecule has 0 radical (unpaired) electrons. The maximum Gasteiger partial charge on any atom is 0.334 e. The molecule has 0 aromatic heterocycles. The molecule has 1 aromatic carbocycles. The third-order valence-corrected chi connectivity index (χ3v) is 6.08. The standard InChI is InChI=1S/C28H38N2O6/c1-7-15-36-26(31)19(8-2)16-20-13-11-12-14-21(20)24-23(27(32)34-9-3)18(5)30-22(17-29-6)25(24)28(33)35-10-4/h11-14,16-17,22-25H,7-10,15H2,1-6H3. The first-order valence-electron chi connectivity index (χ1n) is 12.6. The van der Waals surface area contributed by atoms with E-state index in [1.807, 2.05) is 38.1 Å². The van der Waals surface area contributed by atoms with Crippen LogP contribution in [0.15, 0.2) is 39.8 Å². The van der Waals surface area contributed by atoms with E-state index in [1.54, 1.807) is 40.1 Å². The van der Waals surface area contributed by atoms with E-state index >= 15 is 0 Å². The van der Waals surface area contributed by atoms with E-state index in [2.05, 4.69) is 9.98 Å². The molecule has 0 fully saturated rings. The Morgan fingerprint density at radius 3 is 2.28 bits per heavy atom. The lowest BCUT2D eigenvalue weighted by atomic mass is 9.69. The van der Waals surface area contributed by atoms with Crippen molar-refractivity contribution in [2.45, 2.75) is 59.4 Å². The van der Waals surface area contributed by atoms with Gasteiger partial charge in [0.15, 0.2) is 0 Å². The molecule has 0 spiro atoms. The molecular weight excluding hydrogens is 460 g/mol. The van der Waals surface area contributed by atoms with E-state index in [-0.39, 0.29) is 19.2 Å². The Kier molecular flexibility index (Phi) is 11.5. The predicted molar refractivity (Wildman–Crippen MR) is 140 cm³/mol. The highest BCUT2D eigenvalue weighted by Gasteiger charge is 2.49. The van der Waals surface area contributed by atoms with Gasteiger partial charge in [0.1, 0.15) is 5.92 Å². The van der Waals surface area contributed by atoms with E-state index < -0.39 is 35.7 Å². The van der Waals surface area contributed by atoms with E-state index in [1.165, 1.54) is 0 Å². The first kappa shape index (κ1) is 28.9. The quantitative estimate of drug-likeness (QED) is 0.194. The number of esters is 3. The van der Waals surface area contributed by atoms with Crippen LogP contribution in [0.1, 0.15) is 64.5 Å². The van der Waals surface area contributed by atoms with Crippen LogP contribution in [-0.4, -0.2) is 62.7 Å². The molecule has 8 nitrogen and oxygen atoms in total. The lowest BCUT2D eigenvalue weighted by molar-refractivity contribution is -0.152. The van der Waals surface area contributed by atoms with Crippen LogP contribution in [0.2, 0.25) is 0 Å². The summed E-state index contributed by atoms with van der Waals surface area (Å²) in [6.07, 6.45) is 4.58. The minimum atomic E-state index is -0.807. The molecule has 4 atom stereocenters. The number of hydrogen-bond acceptors (Lipinski definition) is 8. The van der Waals surface area contributed by atoms with Crippen molar-refractivity contribution in [1.82, 2.24) is 0 Å². The summed E-state index contributed by atoms with van der Waals surface area (Å²) in [5, 5.41) is 0. The molecule has 0 N–H and O–H groups in total. The lowest BCUT2D eigenvalue weighted by Gasteiger charge is -2.38. The van der Waals surface area contributed by atoms with Crippen LogP contribution >= 0.6 is 0 Å². The highest BCUT2D eigenvalue weighted by Crippen LogP contribution is 2.42. The SMILES string of the molecule is CCCOC(=O)C(=Cc1ccccc1C1C(C(=O)OCC)C(C)=NC(C=NC)C1C(=O)OCC)CC. The van der Waals surface area contributed by atoms with Gasteiger partial charge in [0, 0.05) is 30.5 Å². The van der Waals surface area contributed by atoms with Crippen LogP contribution in [0.3, 0.4) is 0 Å². The maximum absolute atomic E-state index is 13.3. The first-order valence-corrected chi connectivity index (χ1v) is 12.6. The molecule has 0 bridgehead atoms. The Balaban J connectivity index is 2.76. The third kappa shape index (κ3) is 6.89. The molecule has 4 unspecified atom stereocenters. The largest absolute Gasteiger partial charge is 0.466 e. The van der Waals surface area contributed by atoms with E-state index in [0.717, 1.165) is 17.5 Å². The fourth-order valence-corrected chi connectivity index (χ4v) is 4.53. The van der Waals surface area contributed by atoms with Crippen molar-refractivity contribution in [3.05, 3.63) is 41.0 Å². The van der Waals surface area contributed by atoms with Gasteiger partial charge in [0.05, 0.1) is 31.8 Å². The predicted octanol–water partition coefficient (Wildman–Crippen LogP) is 4.42. The van der Waals surface area contributed by atoms with Gasteiger partial charge < -0.3 is 14.2 Å². The van der Waals surface area contributed by atoms with Crippen LogP contribution < -0.4 is 0 Å². The number of rotatable bonds is 11. The molecule has 1 aliphatic heterocycles. The molecule has 1 aliphatic rings. The average molecular weight is 499 g/mol. The van der Waals surface area contributed by atoms with Crippen molar-refractivity contribution >= 4 is 35.9 Å². The monoisotopic (exact) mass is 498 g/mol. The van der Waals surface area contributed by atoms with Crippen molar-refractivity contribution in [3.63, 3.8) is 0 Å². The summed E-state index contributed by atoms with van der Waals surface area (Å²) in [6.45, 7) is 9.79. The highest BCUT2D eigenvalue weighted by atomic mass is 16.5. The van der Waals surface area contributed by atoms with Gasteiger partial charge >= 0.3 is 17.9 Å². The lowest BCUT2D eigenvalue weighted by Crippen LogP contribution is -2.47. The number of hydrogen-bond donors (Lipinski definition) is 0. The van der Waals surface area contributed by atoms with E-state index in [9.17, 15) is 14.4 Å². The fraction of sp³-hybridized carbons (Fsp3) is 0.536. The topological polar surface area (TPSA) is 104 Å². The van der Waals surface area contributed by atoms with Gasteiger partial charge in [-0.3, -0.25) is 19.6 Å². The van der Waals surface area contributed by atoms with Crippen molar-refractivity contribution in [2.24, 2.45) is 21.8 Å². The molecule has 0 amide bonds. The molecule has 2 rings (SSSR count). The van der Waals surface area contributed by atoms with E-state index in [4.69, 9.17) is 14.2 Å². The number of carbonyl (C=O) groups is 3. The van der Waals surface area contributed by atoms with Gasteiger partial charge in [-0.1, -0.05) is 38.1 Å². The zero-order valence-corrected chi connectivity index (χ0v) is 22.2. The third-order valence-electron chi connectivity index (χ3n) is 6.08. The van der Waals surface area contributed by atoms with Crippen LogP contribution in [0.25, 0.3) is 6.08 Å². The molecule has 1 aromatic rings. The Hall–Kier alpha value is -3.29. The van der Waals surface area contributed by atoms with Gasteiger partial charge in [0.25, 0.3) is 0 Å². The fourth-order valence-electron chi connectivity index (χ4n) is 4.53. The second-order valence-corrected chi connectivity index (χ2v) is 8.49. The Bertz CT molecular complexity index is 1010. The highest BCUT2D eigenvalue weighted by molar-refractivity contribution is 6.05. The second-order valence-electron chi connectivity index (χ2n) is 8.49. The summed E-state index contributed by atoms with van der Waals surface area (Å²) in [7, 11) is 1.62. The number of carbonyl (C=O) groups excluding carboxylic acids is 3. The summed E-state index contributed by atoms with van der Waals surface area (Å²) in [4.78, 5) is 48.0. The number of ether oxygens (including phenoxy) is 3. The minimum absolute atomic E-state index is 0.190. The second kappa shape index (κ2) is 14.3. The molecule has 0 saturated carbocycles. The maximum atomic E-state index is 13.3. The van der Waals surface area contributed by atoms with Gasteiger partial charge in [-0.2, -0.15) is 0 Å². The summed E-state index contributed by atoms with van der Waals surface area (Å²) in [5.74, 6) is -3.54. The molecule has 0 saturated heterocycles. The van der Waals surface area contributed by atoms with Crippen molar-refractivity contribution in [3.8, 4) is 0 Å². The number of nitrogens with zero attached hydrogens (tertiary/aromatic N) is 2. The molecule has 36 heavy (non-hydrogen) atoms. The van der Waals surface area contributed by atoms with Crippen LogP contribution in [0.5, 0.6) is 0 Å². The summed E-state index contributed by atoms with van der Waals surface area (Å²) in [5.41, 5.74) is 2.51. The van der Waals surface area contributed by atoms with Crippen molar-refractivity contribution < 1.29 is 28.6 Å². The Morgan fingerprint density at radius 1 is 1.00 bits per heavy atom. The molecule has 1 heterocycles. The normalized spacial score (nSPS) is 22.2. The summed E-state index contributed by atoms with van der Waals surface area (Å²) in [6, 6.07) is 6.84. The van der Waals surface area contributed by atoms with Crippen LogP contribution in [0, 0.1) is 11.8 Å². The summed E-state index contributed by atoms with van der Waals surface area (Å²) >= 11 is 0.